The molecular weight excluding hydrogens is 267 g/mol. The lowest BCUT2D eigenvalue weighted by Gasteiger charge is -2.08. The van der Waals surface area contributed by atoms with Gasteiger partial charge in [0.25, 0.3) is 0 Å². The van der Waals surface area contributed by atoms with E-state index in [1.54, 1.807) is 13.8 Å². The first-order valence-electron chi connectivity index (χ1n) is 5.77. The third-order valence-corrected chi connectivity index (χ3v) is 1.68. The van der Waals surface area contributed by atoms with Crippen molar-refractivity contribution in [2.45, 2.75) is 32.9 Å². The summed E-state index contributed by atoms with van der Waals surface area (Å²) in [5, 5.41) is 0. The molecular formula is C11H16F3NO4. The molecule has 0 rings (SSSR count). The summed E-state index contributed by atoms with van der Waals surface area (Å²) < 4.78 is 45.3. The van der Waals surface area contributed by atoms with Crippen LogP contribution in [-0.2, 0) is 19.1 Å². The highest BCUT2D eigenvalue weighted by atomic mass is 19.4. The Morgan fingerprint density at radius 1 is 1.00 bits per heavy atom. The number of ether oxygens (including phenoxy) is 2. The Hall–Kier alpha value is -1.60. The fraction of sp³-hybridized carbons (Fsp3) is 0.727. The highest BCUT2D eigenvalue weighted by Gasteiger charge is 2.30. The van der Waals surface area contributed by atoms with E-state index < -0.39 is 30.4 Å². The summed E-state index contributed by atoms with van der Waals surface area (Å²) in [4.78, 5) is 25.7. The zero-order valence-corrected chi connectivity index (χ0v) is 10.7. The van der Waals surface area contributed by atoms with Crippen LogP contribution in [0, 0.1) is 0 Å². The van der Waals surface area contributed by atoms with Crippen molar-refractivity contribution >= 4 is 17.7 Å². The molecule has 0 aromatic carbocycles. The molecule has 0 unspecified atom stereocenters. The molecule has 0 radical (unpaired) electrons. The van der Waals surface area contributed by atoms with Crippen molar-refractivity contribution in [2.75, 3.05) is 19.8 Å². The molecule has 0 saturated heterocycles. The number of hydrogen-bond donors (Lipinski definition) is 0. The molecule has 0 aliphatic heterocycles. The molecule has 0 atom stereocenters. The van der Waals surface area contributed by atoms with E-state index in [0.29, 0.717) is 12.8 Å². The molecule has 0 bridgehead atoms. The van der Waals surface area contributed by atoms with Gasteiger partial charge in [0.1, 0.15) is 6.54 Å². The Kier molecular flexibility index (Phi) is 7.78. The van der Waals surface area contributed by atoms with Crippen molar-refractivity contribution in [3.05, 3.63) is 0 Å². The van der Waals surface area contributed by atoms with Gasteiger partial charge >= 0.3 is 18.1 Å². The fourth-order valence-corrected chi connectivity index (χ4v) is 0.907. The summed E-state index contributed by atoms with van der Waals surface area (Å²) in [7, 11) is 0. The molecule has 0 fully saturated rings. The van der Waals surface area contributed by atoms with Crippen molar-refractivity contribution in [1.82, 2.24) is 0 Å². The third-order valence-electron chi connectivity index (χ3n) is 1.68. The van der Waals surface area contributed by atoms with E-state index in [2.05, 4.69) is 14.5 Å². The average Bonchev–Trinajstić information content (AvgIpc) is 2.32. The lowest BCUT2D eigenvalue weighted by Crippen LogP contribution is -2.30. The second-order valence-corrected chi connectivity index (χ2v) is 3.55. The van der Waals surface area contributed by atoms with Crippen molar-refractivity contribution < 1.29 is 32.2 Å². The predicted octanol–water partition coefficient (Wildman–Crippen LogP) is 1.90. The van der Waals surface area contributed by atoms with E-state index in [1.807, 2.05) is 0 Å². The fourth-order valence-electron chi connectivity index (χ4n) is 0.907. The molecule has 0 spiro atoms. The average molecular weight is 283 g/mol. The summed E-state index contributed by atoms with van der Waals surface area (Å²) in [5.74, 6) is -2.40. The molecule has 0 aromatic rings. The summed E-state index contributed by atoms with van der Waals surface area (Å²) in [6, 6.07) is 0. The standard InChI is InChI=1S/C11H16F3NO4/c1-3-5-18-9(16)8(10(17)19-6-4-2)15-7-11(12,13)14/h3-7H2,1-2H3. The Labute approximate surface area is 108 Å². The van der Waals surface area contributed by atoms with Crippen molar-refractivity contribution in [3.63, 3.8) is 0 Å². The molecule has 0 aliphatic carbocycles. The molecule has 5 nitrogen and oxygen atoms in total. The molecule has 19 heavy (non-hydrogen) atoms. The van der Waals surface area contributed by atoms with Crippen LogP contribution in [0.5, 0.6) is 0 Å². The number of hydrogen-bond acceptors (Lipinski definition) is 5. The smallest absolute Gasteiger partial charge is 0.407 e. The molecule has 0 aliphatic rings. The number of aliphatic imine (C=N–C) groups is 1. The maximum atomic E-state index is 12.0. The highest BCUT2D eigenvalue weighted by Crippen LogP contribution is 2.14. The maximum Gasteiger partial charge on any atom is 0.407 e. The van der Waals surface area contributed by atoms with Gasteiger partial charge in [0, 0.05) is 0 Å². The zero-order chi connectivity index (χ0) is 14.9. The number of halogens is 3. The molecule has 0 amide bonds. The third kappa shape index (κ3) is 8.17. The van der Waals surface area contributed by atoms with E-state index in [9.17, 15) is 22.8 Å². The minimum Gasteiger partial charge on any atom is -0.461 e. The van der Waals surface area contributed by atoms with Crippen LogP contribution >= 0.6 is 0 Å². The van der Waals surface area contributed by atoms with Crippen molar-refractivity contribution in [2.24, 2.45) is 4.99 Å². The molecule has 0 saturated carbocycles. The summed E-state index contributed by atoms with van der Waals surface area (Å²) in [6.07, 6.45) is -3.66. The van der Waals surface area contributed by atoms with Gasteiger partial charge in [-0.15, -0.1) is 0 Å². The van der Waals surface area contributed by atoms with Gasteiger partial charge < -0.3 is 9.47 Å². The van der Waals surface area contributed by atoms with E-state index in [0.717, 1.165) is 0 Å². The van der Waals surface area contributed by atoms with Gasteiger partial charge in [0.2, 0.25) is 5.71 Å². The lowest BCUT2D eigenvalue weighted by molar-refractivity contribution is -0.141. The first kappa shape index (κ1) is 17.4. The molecule has 8 heteroatoms. The number of carbonyl (C=O) groups excluding carboxylic acids is 2. The second-order valence-electron chi connectivity index (χ2n) is 3.55. The van der Waals surface area contributed by atoms with Crippen molar-refractivity contribution in [3.8, 4) is 0 Å². The van der Waals surface area contributed by atoms with Gasteiger partial charge in [-0.2, -0.15) is 13.2 Å². The lowest BCUT2D eigenvalue weighted by atomic mass is 10.3. The van der Waals surface area contributed by atoms with Gasteiger partial charge in [-0.05, 0) is 12.8 Å². The number of esters is 2. The van der Waals surface area contributed by atoms with Gasteiger partial charge in [-0.3, -0.25) is 4.99 Å². The van der Waals surface area contributed by atoms with Crippen LogP contribution < -0.4 is 0 Å². The van der Waals surface area contributed by atoms with Crippen LogP contribution in [0.15, 0.2) is 4.99 Å². The molecule has 0 heterocycles. The summed E-state index contributed by atoms with van der Waals surface area (Å²) in [5.41, 5.74) is -0.959. The molecule has 0 aromatic heterocycles. The molecule has 110 valence electrons. The zero-order valence-electron chi connectivity index (χ0n) is 10.7. The monoisotopic (exact) mass is 283 g/mol. The normalized spacial score (nSPS) is 10.8. The maximum absolute atomic E-state index is 12.0. The Bertz CT molecular complexity index is 317. The van der Waals surface area contributed by atoms with Crippen molar-refractivity contribution in [1.29, 1.82) is 0 Å². The second kappa shape index (κ2) is 8.49. The highest BCUT2D eigenvalue weighted by molar-refractivity contribution is 6.62. The van der Waals surface area contributed by atoms with E-state index in [4.69, 9.17) is 0 Å². The number of rotatable bonds is 7. The predicted molar refractivity (Wildman–Crippen MR) is 60.9 cm³/mol. The van der Waals surface area contributed by atoms with Gasteiger partial charge in [-0.25, -0.2) is 9.59 Å². The quantitative estimate of drug-likeness (QED) is 0.406. The van der Waals surface area contributed by atoms with Gasteiger partial charge in [-0.1, -0.05) is 13.8 Å². The van der Waals surface area contributed by atoms with Gasteiger partial charge in [0.15, 0.2) is 0 Å². The van der Waals surface area contributed by atoms with E-state index in [1.165, 1.54) is 0 Å². The number of alkyl halides is 3. The molecule has 0 N–H and O–H groups in total. The summed E-state index contributed by atoms with van der Waals surface area (Å²) >= 11 is 0. The van der Waals surface area contributed by atoms with E-state index >= 15 is 0 Å². The number of nitrogens with zero attached hydrogens (tertiary/aromatic N) is 1. The van der Waals surface area contributed by atoms with Crippen LogP contribution in [0.2, 0.25) is 0 Å². The first-order valence-corrected chi connectivity index (χ1v) is 5.77. The van der Waals surface area contributed by atoms with Gasteiger partial charge in [0.05, 0.1) is 13.2 Å². The van der Waals surface area contributed by atoms with E-state index in [-0.39, 0.29) is 13.2 Å². The van der Waals surface area contributed by atoms with Crippen LogP contribution in [0.3, 0.4) is 0 Å². The van der Waals surface area contributed by atoms with Crippen LogP contribution in [-0.4, -0.2) is 43.6 Å². The van der Waals surface area contributed by atoms with Crippen LogP contribution in [0.1, 0.15) is 26.7 Å². The minimum atomic E-state index is -4.61. The van der Waals surface area contributed by atoms with Crippen LogP contribution in [0.4, 0.5) is 13.2 Å². The largest absolute Gasteiger partial charge is 0.461 e. The Morgan fingerprint density at radius 2 is 1.42 bits per heavy atom. The summed E-state index contributed by atoms with van der Waals surface area (Å²) in [6.45, 7) is 1.76. The Morgan fingerprint density at radius 3 is 1.74 bits per heavy atom. The minimum absolute atomic E-state index is 0.00900. The topological polar surface area (TPSA) is 65.0 Å². The first-order chi connectivity index (χ1) is 8.81. The SMILES string of the molecule is CCCOC(=O)C(=NCC(F)(F)F)C(=O)OCCC. The number of carbonyl (C=O) groups is 2. The van der Waals surface area contributed by atoms with Crippen LogP contribution in [0.25, 0.3) is 0 Å². The Balaban J connectivity index is 4.81.